The number of fused-ring (bicyclic) bond motifs is 1. The maximum atomic E-state index is 12.9. The fourth-order valence-corrected chi connectivity index (χ4v) is 3.77. The normalized spacial score (nSPS) is 21.1. The molecular weight excluding hydrogens is 354 g/mol. The number of morpholine rings is 1. The SMILES string of the molecule is C[C@H]1C(=O)N(Cc2ccccc2Cl)Cc2nnc(CN3CCOCC3)n21. The van der Waals surface area contributed by atoms with E-state index in [1.165, 1.54) is 0 Å². The lowest BCUT2D eigenvalue weighted by atomic mass is 10.1. The Morgan fingerprint density at radius 1 is 1.19 bits per heavy atom. The number of hydrogen-bond acceptors (Lipinski definition) is 5. The first-order valence-electron chi connectivity index (χ1n) is 8.88. The number of carbonyl (C=O) groups is 1. The number of nitrogens with zero attached hydrogens (tertiary/aromatic N) is 5. The molecule has 1 aromatic carbocycles. The van der Waals surface area contributed by atoms with E-state index in [-0.39, 0.29) is 11.9 Å². The Balaban J connectivity index is 1.53. The minimum atomic E-state index is -0.313. The lowest BCUT2D eigenvalue weighted by molar-refractivity contribution is -0.137. The van der Waals surface area contributed by atoms with Crippen LogP contribution in [0.25, 0.3) is 0 Å². The van der Waals surface area contributed by atoms with Gasteiger partial charge in [-0.3, -0.25) is 14.3 Å². The molecule has 0 unspecified atom stereocenters. The van der Waals surface area contributed by atoms with E-state index in [0.29, 0.717) is 24.7 Å². The van der Waals surface area contributed by atoms with Crippen molar-refractivity contribution in [2.75, 3.05) is 26.3 Å². The highest BCUT2D eigenvalue weighted by Gasteiger charge is 2.33. The lowest BCUT2D eigenvalue weighted by Gasteiger charge is -2.33. The monoisotopic (exact) mass is 375 g/mol. The molecule has 8 heteroatoms. The van der Waals surface area contributed by atoms with E-state index >= 15 is 0 Å². The van der Waals surface area contributed by atoms with Crippen molar-refractivity contribution in [3.63, 3.8) is 0 Å². The number of halogens is 1. The summed E-state index contributed by atoms with van der Waals surface area (Å²) in [4.78, 5) is 17.0. The fourth-order valence-electron chi connectivity index (χ4n) is 3.57. The van der Waals surface area contributed by atoms with E-state index in [0.717, 1.165) is 43.5 Å². The minimum Gasteiger partial charge on any atom is -0.379 e. The molecule has 0 aliphatic carbocycles. The molecule has 1 aromatic heterocycles. The zero-order chi connectivity index (χ0) is 18.1. The van der Waals surface area contributed by atoms with Gasteiger partial charge >= 0.3 is 0 Å². The molecule has 1 amide bonds. The van der Waals surface area contributed by atoms with Crippen LogP contribution in [-0.2, 0) is 29.2 Å². The van der Waals surface area contributed by atoms with E-state index in [4.69, 9.17) is 16.3 Å². The highest BCUT2D eigenvalue weighted by Crippen LogP contribution is 2.26. The number of rotatable bonds is 4. The lowest BCUT2D eigenvalue weighted by Crippen LogP contribution is -2.42. The summed E-state index contributed by atoms with van der Waals surface area (Å²) in [6.07, 6.45) is 0. The van der Waals surface area contributed by atoms with E-state index in [1.54, 1.807) is 4.90 Å². The summed E-state index contributed by atoms with van der Waals surface area (Å²) in [6, 6.07) is 7.30. The molecule has 138 valence electrons. The fraction of sp³-hybridized carbons (Fsp3) is 0.500. The third-order valence-corrected chi connectivity index (χ3v) is 5.38. The summed E-state index contributed by atoms with van der Waals surface area (Å²) in [5.41, 5.74) is 0.941. The molecule has 1 saturated heterocycles. The molecule has 2 aromatic rings. The first-order valence-corrected chi connectivity index (χ1v) is 9.26. The van der Waals surface area contributed by atoms with Gasteiger partial charge in [-0.05, 0) is 18.6 Å². The Morgan fingerprint density at radius 2 is 1.96 bits per heavy atom. The molecule has 3 heterocycles. The molecule has 0 radical (unpaired) electrons. The number of ether oxygens (including phenoxy) is 1. The largest absolute Gasteiger partial charge is 0.379 e. The first-order chi connectivity index (χ1) is 12.6. The van der Waals surface area contributed by atoms with Gasteiger partial charge in [0, 0.05) is 24.7 Å². The molecular formula is C18H22ClN5O2. The molecule has 26 heavy (non-hydrogen) atoms. The molecule has 7 nitrogen and oxygen atoms in total. The highest BCUT2D eigenvalue weighted by atomic mass is 35.5. The van der Waals surface area contributed by atoms with Gasteiger partial charge < -0.3 is 9.64 Å². The molecule has 2 aliphatic heterocycles. The van der Waals surface area contributed by atoms with Gasteiger partial charge in [-0.25, -0.2) is 0 Å². The maximum absolute atomic E-state index is 12.9. The average molecular weight is 376 g/mol. The maximum Gasteiger partial charge on any atom is 0.246 e. The van der Waals surface area contributed by atoms with Crippen LogP contribution in [0.2, 0.25) is 5.02 Å². The van der Waals surface area contributed by atoms with Crippen LogP contribution in [0.5, 0.6) is 0 Å². The number of carbonyl (C=O) groups excluding carboxylic acids is 1. The molecule has 0 saturated carbocycles. The number of hydrogen-bond donors (Lipinski definition) is 0. The van der Waals surface area contributed by atoms with Gasteiger partial charge in [0.1, 0.15) is 11.9 Å². The third-order valence-electron chi connectivity index (χ3n) is 5.01. The predicted molar refractivity (Wildman–Crippen MR) is 96.5 cm³/mol. The van der Waals surface area contributed by atoms with E-state index < -0.39 is 0 Å². The van der Waals surface area contributed by atoms with Crippen molar-refractivity contribution in [3.05, 3.63) is 46.5 Å². The summed E-state index contributed by atoms with van der Waals surface area (Å²) < 4.78 is 7.38. The topological polar surface area (TPSA) is 63.5 Å². The zero-order valence-electron chi connectivity index (χ0n) is 14.8. The standard InChI is InChI=1S/C18H22ClN5O2/c1-13-18(25)23(10-14-4-2-3-5-15(14)19)12-17-21-20-16(24(13)17)11-22-6-8-26-9-7-22/h2-5,13H,6-12H2,1H3/t13-/m0/s1. The summed E-state index contributed by atoms with van der Waals surface area (Å²) in [7, 11) is 0. The van der Waals surface area contributed by atoms with E-state index in [2.05, 4.69) is 15.1 Å². The van der Waals surface area contributed by atoms with Crippen molar-refractivity contribution >= 4 is 17.5 Å². The van der Waals surface area contributed by atoms with Gasteiger partial charge in [-0.15, -0.1) is 10.2 Å². The molecule has 0 spiro atoms. The first kappa shape index (κ1) is 17.5. The molecule has 0 bridgehead atoms. The van der Waals surface area contributed by atoms with Crippen LogP contribution in [0.4, 0.5) is 0 Å². The third kappa shape index (κ3) is 3.34. The Labute approximate surface area is 157 Å². The summed E-state index contributed by atoms with van der Waals surface area (Å²) in [6.45, 7) is 6.77. The van der Waals surface area contributed by atoms with E-state index in [1.807, 2.05) is 35.8 Å². The van der Waals surface area contributed by atoms with Gasteiger partial charge in [-0.1, -0.05) is 29.8 Å². The highest BCUT2D eigenvalue weighted by molar-refractivity contribution is 6.31. The Hall–Kier alpha value is -1.96. The number of aromatic nitrogens is 3. The van der Waals surface area contributed by atoms with Crippen molar-refractivity contribution in [2.45, 2.75) is 32.6 Å². The van der Waals surface area contributed by atoms with E-state index in [9.17, 15) is 4.79 Å². The summed E-state index contributed by atoms with van der Waals surface area (Å²) in [5, 5.41) is 9.38. The van der Waals surface area contributed by atoms with Crippen LogP contribution in [0.15, 0.2) is 24.3 Å². The average Bonchev–Trinajstić information content (AvgIpc) is 3.04. The van der Waals surface area contributed by atoms with Crippen molar-refractivity contribution in [1.29, 1.82) is 0 Å². The van der Waals surface area contributed by atoms with Gasteiger partial charge in [-0.2, -0.15) is 0 Å². The van der Waals surface area contributed by atoms with Gasteiger partial charge in [0.25, 0.3) is 0 Å². The van der Waals surface area contributed by atoms with Crippen molar-refractivity contribution < 1.29 is 9.53 Å². The zero-order valence-corrected chi connectivity index (χ0v) is 15.5. The number of amides is 1. The van der Waals surface area contributed by atoms with Crippen molar-refractivity contribution in [1.82, 2.24) is 24.6 Å². The van der Waals surface area contributed by atoms with Crippen LogP contribution in [0, 0.1) is 0 Å². The second-order valence-corrected chi connectivity index (χ2v) is 7.16. The summed E-state index contributed by atoms with van der Waals surface area (Å²) >= 11 is 6.25. The molecule has 1 fully saturated rings. The number of benzene rings is 1. The Kier molecular flexibility index (Phi) is 4.93. The summed E-state index contributed by atoms with van der Waals surface area (Å²) in [5.74, 6) is 1.74. The Bertz CT molecular complexity index is 803. The molecule has 4 rings (SSSR count). The molecule has 2 aliphatic rings. The van der Waals surface area contributed by atoms with Crippen molar-refractivity contribution in [2.24, 2.45) is 0 Å². The van der Waals surface area contributed by atoms with Crippen LogP contribution < -0.4 is 0 Å². The molecule has 1 atom stereocenters. The van der Waals surface area contributed by atoms with Crippen LogP contribution in [-0.4, -0.2) is 56.8 Å². The van der Waals surface area contributed by atoms with Crippen LogP contribution in [0.3, 0.4) is 0 Å². The van der Waals surface area contributed by atoms with Crippen molar-refractivity contribution in [3.8, 4) is 0 Å². The quantitative estimate of drug-likeness (QED) is 0.816. The second kappa shape index (κ2) is 7.34. The van der Waals surface area contributed by atoms with Crippen LogP contribution >= 0.6 is 11.6 Å². The molecule has 0 N–H and O–H groups in total. The predicted octanol–water partition coefficient (Wildman–Crippen LogP) is 1.87. The minimum absolute atomic E-state index is 0.0699. The Morgan fingerprint density at radius 3 is 2.73 bits per heavy atom. The van der Waals surface area contributed by atoms with Gasteiger partial charge in [0.15, 0.2) is 5.82 Å². The van der Waals surface area contributed by atoms with Gasteiger partial charge in [0.2, 0.25) is 5.91 Å². The smallest absolute Gasteiger partial charge is 0.246 e. The van der Waals surface area contributed by atoms with Crippen LogP contribution in [0.1, 0.15) is 30.2 Å². The van der Waals surface area contributed by atoms with Gasteiger partial charge in [0.05, 0.1) is 26.3 Å². The second-order valence-electron chi connectivity index (χ2n) is 6.75.